The highest BCUT2D eigenvalue weighted by molar-refractivity contribution is 5.76. The quantitative estimate of drug-likeness (QED) is 0.0329. The molecule has 0 fully saturated rings. The molecule has 1 amide bonds. The van der Waals surface area contributed by atoms with Crippen LogP contribution >= 0.6 is 0 Å². The van der Waals surface area contributed by atoms with Crippen molar-refractivity contribution in [1.29, 1.82) is 0 Å². The van der Waals surface area contributed by atoms with Gasteiger partial charge in [0.2, 0.25) is 5.91 Å². The van der Waals surface area contributed by atoms with Gasteiger partial charge in [0.1, 0.15) is 0 Å². The molecule has 0 bridgehead atoms. The number of allylic oxidation sites excluding steroid dienone is 6. The molecule has 0 heterocycles. The molecule has 0 aliphatic carbocycles. The van der Waals surface area contributed by atoms with E-state index in [1.165, 1.54) is 96.3 Å². The van der Waals surface area contributed by atoms with E-state index in [9.17, 15) is 19.8 Å². The number of rotatable bonds is 41. The Balaban J connectivity index is 3.53. The zero-order chi connectivity index (χ0) is 38.7. The van der Waals surface area contributed by atoms with E-state index in [2.05, 4.69) is 55.6 Å². The molecule has 2 unspecified atom stereocenters. The van der Waals surface area contributed by atoms with Gasteiger partial charge >= 0.3 is 5.97 Å². The third-order valence-electron chi connectivity index (χ3n) is 10.2. The molecule has 0 saturated heterocycles. The Bertz CT molecular complexity index is 869. The Morgan fingerprint density at radius 2 is 0.943 bits per heavy atom. The number of aliphatic hydroxyl groups excluding tert-OH is 2. The number of esters is 1. The topological polar surface area (TPSA) is 95.9 Å². The number of nitrogens with one attached hydrogen (secondary N) is 1. The van der Waals surface area contributed by atoms with Crippen LogP contribution in [-0.4, -0.2) is 47.4 Å². The van der Waals surface area contributed by atoms with Gasteiger partial charge in [-0.15, -0.1) is 0 Å². The van der Waals surface area contributed by atoms with Gasteiger partial charge in [0.25, 0.3) is 0 Å². The predicted octanol–water partition coefficient (Wildman–Crippen LogP) is 12.9. The molecule has 0 saturated carbocycles. The number of amides is 1. The Morgan fingerprint density at radius 1 is 0.528 bits per heavy atom. The lowest BCUT2D eigenvalue weighted by atomic mass is 10.0. The summed E-state index contributed by atoms with van der Waals surface area (Å²) in [4.78, 5) is 24.3. The van der Waals surface area contributed by atoms with Crippen molar-refractivity contribution in [2.75, 3.05) is 13.2 Å². The summed E-state index contributed by atoms with van der Waals surface area (Å²) < 4.78 is 5.42. The van der Waals surface area contributed by atoms with Crippen LogP contribution in [0.2, 0.25) is 0 Å². The second-order valence-electron chi connectivity index (χ2n) is 15.4. The summed E-state index contributed by atoms with van der Waals surface area (Å²) in [6.07, 6.45) is 49.6. The summed E-state index contributed by atoms with van der Waals surface area (Å²) in [7, 11) is 0. The smallest absolute Gasteiger partial charge is 0.305 e. The summed E-state index contributed by atoms with van der Waals surface area (Å²) in [5.74, 6) is -0.115. The van der Waals surface area contributed by atoms with E-state index in [0.717, 1.165) is 96.3 Å². The van der Waals surface area contributed by atoms with Crippen LogP contribution in [0.15, 0.2) is 36.5 Å². The summed E-state index contributed by atoms with van der Waals surface area (Å²) in [6.45, 7) is 4.81. The zero-order valence-corrected chi connectivity index (χ0v) is 35.0. The summed E-state index contributed by atoms with van der Waals surface area (Å²) >= 11 is 0. The van der Waals surface area contributed by atoms with Gasteiger partial charge in [-0.2, -0.15) is 0 Å². The van der Waals surface area contributed by atoms with Crippen LogP contribution in [0.3, 0.4) is 0 Å². The molecule has 0 aliphatic heterocycles. The minimum Gasteiger partial charge on any atom is -0.466 e. The normalized spacial score (nSPS) is 13.1. The van der Waals surface area contributed by atoms with Crippen molar-refractivity contribution in [2.45, 2.75) is 238 Å². The molecule has 0 spiro atoms. The maximum atomic E-state index is 12.3. The molecule has 0 aromatic carbocycles. The first-order chi connectivity index (χ1) is 26.0. The van der Waals surface area contributed by atoms with Crippen molar-refractivity contribution in [2.24, 2.45) is 0 Å². The Morgan fingerprint density at radius 3 is 1.47 bits per heavy atom. The van der Waals surface area contributed by atoms with Crippen LogP contribution in [-0.2, 0) is 14.3 Å². The summed E-state index contributed by atoms with van der Waals surface area (Å²) in [5.41, 5.74) is 0. The van der Waals surface area contributed by atoms with E-state index in [-0.39, 0.29) is 18.5 Å². The van der Waals surface area contributed by atoms with Crippen molar-refractivity contribution in [3.8, 4) is 0 Å². The molecule has 0 rings (SSSR count). The van der Waals surface area contributed by atoms with E-state index < -0.39 is 12.1 Å². The Kier molecular flexibility index (Phi) is 41.3. The molecule has 2 atom stereocenters. The second-order valence-corrected chi connectivity index (χ2v) is 15.4. The fourth-order valence-corrected chi connectivity index (χ4v) is 6.60. The van der Waals surface area contributed by atoms with Gasteiger partial charge in [-0.1, -0.05) is 166 Å². The van der Waals surface area contributed by atoms with Gasteiger partial charge in [-0.05, 0) is 83.5 Å². The Labute approximate surface area is 328 Å². The monoisotopic (exact) mass is 746 g/mol. The van der Waals surface area contributed by atoms with Gasteiger partial charge in [-0.25, -0.2) is 0 Å². The number of hydrogen-bond donors (Lipinski definition) is 3. The summed E-state index contributed by atoms with van der Waals surface area (Å²) in [5, 5.41) is 23.0. The van der Waals surface area contributed by atoms with E-state index >= 15 is 0 Å². The molecule has 3 N–H and O–H groups in total. The van der Waals surface area contributed by atoms with Crippen molar-refractivity contribution < 1.29 is 24.5 Å². The maximum absolute atomic E-state index is 12.3. The predicted molar refractivity (Wildman–Crippen MR) is 227 cm³/mol. The highest BCUT2D eigenvalue weighted by Gasteiger charge is 2.20. The van der Waals surface area contributed by atoms with Crippen LogP contribution in [0.5, 0.6) is 0 Å². The average molecular weight is 746 g/mol. The third kappa shape index (κ3) is 39.6. The van der Waals surface area contributed by atoms with Gasteiger partial charge in [0, 0.05) is 12.8 Å². The highest BCUT2D eigenvalue weighted by atomic mass is 16.5. The number of ether oxygens (including phenoxy) is 1. The van der Waals surface area contributed by atoms with Crippen LogP contribution in [0.25, 0.3) is 0 Å². The van der Waals surface area contributed by atoms with Crippen LogP contribution in [0, 0.1) is 0 Å². The molecule has 0 aromatic heterocycles. The molecule has 0 radical (unpaired) electrons. The Hall–Kier alpha value is -1.92. The van der Waals surface area contributed by atoms with Crippen molar-refractivity contribution >= 4 is 11.9 Å². The number of aliphatic hydroxyl groups is 2. The first kappa shape index (κ1) is 51.1. The molecule has 6 nitrogen and oxygen atoms in total. The zero-order valence-electron chi connectivity index (χ0n) is 35.0. The summed E-state index contributed by atoms with van der Waals surface area (Å²) in [6, 6.07) is -0.561. The van der Waals surface area contributed by atoms with Crippen LogP contribution < -0.4 is 5.32 Å². The molecule has 310 valence electrons. The molecule has 53 heavy (non-hydrogen) atoms. The van der Waals surface area contributed by atoms with Crippen molar-refractivity contribution in [1.82, 2.24) is 5.32 Å². The van der Waals surface area contributed by atoms with E-state index in [0.29, 0.717) is 25.9 Å². The fraction of sp³-hybridized carbons (Fsp3) is 0.830. The number of carbonyl (C=O) groups is 2. The third-order valence-corrected chi connectivity index (χ3v) is 10.2. The number of hydrogen-bond acceptors (Lipinski definition) is 5. The highest BCUT2D eigenvalue weighted by Crippen LogP contribution is 2.14. The van der Waals surface area contributed by atoms with E-state index in [4.69, 9.17) is 4.74 Å². The molecular formula is C47H87NO5. The largest absolute Gasteiger partial charge is 0.466 e. The number of carbonyl (C=O) groups excluding carboxylic acids is 2. The van der Waals surface area contributed by atoms with Gasteiger partial charge in [0.05, 0.1) is 25.4 Å². The lowest BCUT2D eigenvalue weighted by molar-refractivity contribution is -0.143. The van der Waals surface area contributed by atoms with Crippen molar-refractivity contribution in [3.05, 3.63) is 36.5 Å². The maximum Gasteiger partial charge on any atom is 0.305 e. The second kappa shape index (κ2) is 42.8. The van der Waals surface area contributed by atoms with Gasteiger partial charge in [-0.3, -0.25) is 9.59 Å². The van der Waals surface area contributed by atoms with Gasteiger partial charge < -0.3 is 20.3 Å². The first-order valence-corrected chi connectivity index (χ1v) is 22.7. The molecule has 0 aromatic rings. The lowest BCUT2D eigenvalue weighted by Gasteiger charge is -2.22. The molecular weight excluding hydrogens is 659 g/mol. The van der Waals surface area contributed by atoms with Gasteiger partial charge in [0.15, 0.2) is 0 Å². The first-order valence-electron chi connectivity index (χ1n) is 22.7. The minimum absolute atomic E-state index is 0.0461. The average Bonchev–Trinajstić information content (AvgIpc) is 3.16. The SMILES string of the molecule is CCCCCC/C=C\C/C=C\CCCCCCCC(=O)OCCCC/C=C\CCCCCCCC(=O)NC(CO)C(O)CCCCCCCCCCC. The van der Waals surface area contributed by atoms with E-state index in [1.54, 1.807) is 0 Å². The lowest BCUT2D eigenvalue weighted by Crippen LogP contribution is -2.45. The minimum atomic E-state index is -0.681. The van der Waals surface area contributed by atoms with Crippen molar-refractivity contribution in [3.63, 3.8) is 0 Å². The fourth-order valence-electron chi connectivity index (χ4n) is 6.60. The standard InChI is InChI=1S/C47H87NO5/c1-3-5-7-9-11-13-14-15-16-17-18-21-25-29-33-37-41-47(52)53-42-38-34-30-26-22-19-20-24-28-32-36-40-46(51)48-44(43-49)45(50)39-35-31-27-23-12-10-8-6-4-2/h13-14,16-17,22,26,44-45,49-50H,3-12,15,18-21,23-25,27-43H2,1-2H3,(H,48,51)/b14-13-,17-16-,26-22-. The van der Waals surface area contributed by atoms with E-state index in [1.807, 2.05) is 0 Å². The van der Waals surface area contributed by atoms with Crippen LogP contribution in [0.4, 0.5) is 0 Å². The van der Waals surface area contributed by atoms with Crippen LogP contribution in [0.1, 0.15) is 226 Å². The molecule has 0 aliphatic rings. The number of unbranched alkanes of at least 4 members (excludes halogenated alkanes) is 24. The molecule has 6 heteroatoms.